The van der Waals surface area contributed by atoms with Crippen molar-refractivity contribution in [2.75, 3.05) is 6.54 Å². The Hall–Kier alpha value is -2.15. The molecule has 172 valence electrons. The molecule has 3 rings (SSSR count). The van der Waals surface area contributed by atoms with Crippen LogP contribution in [0.1, 0.15) is 59.1 Å². The lowest BCUT2D eigenvalue weighted by molar-refractivity contribution is -0.142. The van der Waals surface area contributed by atoms with Gasteiger partial charge in [0.1, 0.15) is 0 Å². The molecule has 2 fully saturated rings. The minimum absolute atomic E-state index is 0.0336. The van der Waals surface area contributed by atoms with Gasteiger partial charge in [-0.1, -0.05) is 26.8 Å². The van der Waals surface area contributed by atoms with E-state index in [4.69, 9.17) is 0 Å². The fourth-order valence-electron chi connectivity index (χ4n) is 5.91. The van der Waals surface area contributed by atoms with E-state index < -0.39 is 6.10 Å². The van der Waals surface area contributed by atoms with Crippen molar-refractivity contribution in [2.45, 2.75) is 72.1 Å². The smallest absolute Gasteiger partial charge is 0.315 e. The van der Waals surface area contributed by atoms with E-state index in [2.05, 4.69) is 34.8 Å². The minimum Gasteiger partial charge on any atom is -0.392 e. The van der Waals surface area contributed by atoms with Crippen molar-refractivity contribution in [1.29, 1.82) is 0 Å². The number of carbonyl (C=O) groups excluding carboxylic acids is 2. The Bertz CT molecular complexity index is 758. The van der Waals surface area contributed by atoms with Crippen LogP contribution in [0.25, 0.3) is 0 Å². The third kappa shape index (κ3) is 5.20. The summed E-state index contributed by atoms with van der Waals surface area (Å²) >= 11 is 0. The van der Waals surface area contributed by atoms with Crippen molar-refractivity contribution in [3.63, 3.8) is 0 Å². The van der Waals surface area contributed by atoms with Gasteiger partial charge in [0.2, 0.25) is 5.91 Å². The van der Waals surface area contributed by atoms with Crippen LogP contribution < -0.4 is 16.0 Å². The van der Waals surface area contributed by atoms with Crippen LogP contribution in [-0.2, 0) is 11.3 Å². The van der Waals surface area contributed by atoms with Crippen molar-refractivity contribution in [3.8, 4) is 0 Å². The summed E-state index contributed by atoms with van der Waals surface area (Å²) in [5.41, 5.74) is 0.860. The number of fused-ring (bicyclic) bond motifs is 1. The van der Waals surface area contributed by atoms with E-state index in [1.165, 1.54) is 0 Å². The third-order valence-electron chi connectivity index (χ3n) is 7.77. The Morgan fingerprint density at radius 2 is 2.00 bits per heavy atom. The SMILES string of the molecule is CCNC(=O)N[C@H]1CC[C@]2(C)CCC([C@H](C)C(=O)NCc3ccccn3)[C@H](O)[C@H]2[C@@H]1C. The second-order valence-corrected chi connectivity index (χ2v) is 9.71. The second kappa shape index (κ2) is 9.98. The first-order valence-electron chi connectivity index (χ1n) is 11.7. The maximum absolute atomic E-state index is 12.8. The molecule has 1 aromatic heterocycles. The Kier molecular flexibility index (Phi) is 7.57. The Balaban J connectivity index is 1.66. The molecular weight excluding hydrogens is 392 g/mol. The molecule has 1 aromatic rings. The van der Waals surface area contributed by atoms with E-state index in [1.54, 1.807) is 6.20 Å². The third-order valence-corrected chi connectivity index (χ3v) is 7.77. The molecule has 31 heavy (non-hydrogen) atoms. The predicted molar refractivity (Wildman–Crippen MR) is 120 cm³/mol. The summed E-state index contributed by atoms with van der Waals surface area (Å²) in [6.07, 6.45) is 4.88. The van der Waals surface area contributed by atoms with Crippen molar-refractivity contribution in [3.05, 3.63) is 30.1 Å². The minimum atomic E-state index is -0.566. The highest BCUT2D eigenvalue weighted by Crippen LogP contribution is 2.55. The number of nitrogens with one attached hydrogen (secondary N) is 3. The first-order chi connectivity index (χ1) is 14.8. The summed E-state index contributed by atoms with van der Waals surface area (Å²) in [5.74, 6) is -0.223. The zero-order valence-electron chi connectivity index (χ0n) is 19.2. The zero-order chi connectivity index (χ0) is 22.6. The molecule has 2 aliphatic rings. The van der Waals surface area contributed by atoms with Crippen molar-refractivity contribution in [1.82, 2.24) is 20.9 Å². The highest BCUT2D eigenvalue weighted by molar-refractivity contribution is 5.78. The predicted octanol–water partition coefficient (Wildman–Crippen LogP) is 2.84. The summed E-state index contributed by atoms with van der Waals surface area (Å²) in [7, 11) is 0. The molecule has 1 heterocycles. The maximum Gasteiger partial charge on any atom is 0.315 e. The van der Waals surface area contributed by atoms with E-state index in [-0.39, 0.29) is 47.1 Å². The van der Waals surface area contributed by atoms with Crippen molar-refractivity contribution in [2.24, 2.45) is 29.1 Å². The highest BCUT2D eigenvalue weighted by Gasteiger charge is 2.53. The summed E-state index contributed by atoms with van der Waals surface area (Å²) in [6, 6.07) is 5.53. The van der Waals surface area contributed by atoms with Crippen molar-refractivity contribution >= 4 is 11.9 Å². The van der Waals surface area contributed by atoms with Gasteiger partial charge in [0.25, 0.3) is 0 Å². The lowest BCUT2D eigenvalue weighted by Crippen LogP contribution is -2.59. The Labute approximate surface area is 185 Å². The maximum atomic E-state index is 12.8. The molecule has 0 aliphatic heterocycles. The summed E-state index contributed by atoms with van der Waals surface area (Å²) in [4.78, 5) is 29.2. The number of rotatable bonds is 6. The number of aliphatic hydroxyl groups is 1. The molecule has 7 atom stereocenters. The summed E-state index contributed by atoms with van der Waals surface area (Å²) in [5, 5.41) is 20.3. The fourth-order valence-corrected chi connectivity index (χ4v) is 5.91. The normalized spacial score (nSPS) is 33.6. The molecule has 0 radical (unpaired) electrons. The van der Waals surface area contributed by atoms with Crippen LogP contribution in [-0.4, -0.2) is 40.7 Å². The molecule has 3 amide bonds. The molecule has 2 aliphatic carbocycles. The Morgan fingerprint density at radius 1 is 1.26 bits per heavy atom. The number of aromatic nitrogens is 1. The highest BCUT2D eigenvalue weighted by atomic mass is 16.3. The monoisotopic (exact) mass is 430 g/mol. The number of pyridine rings is 1. The van der Waals surface area contributed by atoms with E-state index in [1.807, 2.05) is 32.0 Å². The zero-order valence-corrected chi connectivity index (χ0v) is 19.2. The number of nitrogens with zero attached hydrogens (tertiary/aromatic N) is 1. The average molecular weight is 431 g/mol. The van der Waals surface area contributed by atoms with E-state index in [0.29, 0.717) is 13.1 Å². The van der Waals surface area contributed by atoms with Gasteiger partial charge in [-0.05, 0) is 67.9 Å². The molecule has 0 saturated heterocycles. The molecule has 0 bridgehead atoms. The molecule has 0 spiro atoms. The first-order valence-corrected chi connectivity index (χ1v) is 11.7. The number of aliphatic hydroxyl groups excluding tert-OH is 1. The number of hydrogen-bond acceptors (Lipinski definition) is 4. The van der Waals surface area contributed by atoms with Gasteiger partial charge < -0.3 is 21.1 Å². The first kappa shape index (κ1) is 23.5. The van der Waals surface area contributed by atoms with E-state index >= 15 is 0 Å². The van der Waals surface area contributed by atoms with Gasteiger partial charge in [-0.15, -0.1) is 0 Å². The van der Waals surface area contributed by atoms with Crippen LogP contribution in [0.5, 0.6) is 0 Å². The molecule has 0 aromatic carbocycles. The van der Waals surface area contributed by atoms with Crippen LogP contribution >= 0.6 is 0 Å². The number of urea groups is 1. The summed E-state index contributed by atoms with van der Waals surface area (Å²) in [6.45, 7) is 9.20. The quantitative estimate of drug-likeness (QED) is 0.557. The standard InChI is InChI=1S/C24H38N4O3/c1-5-25-23(31)28-19-10-12-24(4)11-9-18(21(29)20(24)16(19)3)15(2)22(30)27-14-17-8-6-7-13-26-17/h6-8,13,15-16,18-21,29H,5,9-12,14H2,1-4H3,(H,27,30)(H2,25,28,31)/t15-,16+,18?,19-,20+,21-,24-/m0/s1. The van der Waals surface area contributed by atoms with E-state index in [9.17, 15) is 14.7 Å². The Morgan fingerprint density at radius 3 is 2.68 bits per heavy atom. The number of amides is 3. The van der Waals surface area contributed by atoms with Gasteiger partial charge in [-0.3, -0.25) is 9.78 Å². The molecule has 7 heteroatoms. The van der Waals surface area contributed by atoms with Crippen LogP contribution in [0.3, 0.4) is 0 Å². The van der Waals surface area contributed by atoms with E-state index in [0.717, 1.165) is 31.4 Å². The van der Waals surface area contributed by atoms with Gasteiger partial charge in [0.05, 0.1) is 18.3 Å². The lowest BCUT2D eigenvalue weighted by atomic mass is 9.52. The molecule has 2 saturated carbocycles. The molecular formula is C24H38N4O3. The van der Waals surface area contributed by atoms with Crippen LogP contribution in [0.2, 0.25) is 0 Å². The number of carbonyl (C=O) groups is 2. The van der Waals surface area contributed by atoms with Crippen molar-refractivity contribution < 1.29 is 14.7 Å². The largest absolute Gasteiger partial charge is 0.392 e. The van der Waals surface area contributed by atoms with Gasteiger partial charge >= 0.3 is 6.03 Å². The lowest BCUT2D eigenvalue weighted by Gasteiger charge is -2.56. The molecule has 1 unspecified atom stereocenters. The van der Waals surface area contributed by atoms with Gasteiger partial charge in [-0.2, -0.15) is 0 Å². The fraction of sp³-hybridized carbons (Fsp3) is 0.708. The van der Waals surface area contributed by atoms with Gasteiger partial charge in [0, 0.05) is 24.7 Å². The van der Waals surface area contributed by atoms with Gasteiger partial charge in [0.15, 0.2) is 0 Å². The molecule has 7 nitrogen and oxygen atoms in total. The van der Waals surface area contributed by atoms with Gasteiger partial charge in [-0.25, -0.2) is 4.79 Å². The summed E-state index contributed by atoms with van der Waals surface area (Å²) < 4.78 is 0. The van der Waals surface area contributed by atoms with Crippen LogP contribution in [0.4, 0.5) is 4.79 Å². The van der Waals surface area contributed by atoms with Crippen LogP contribution in [0.15, 0.2) is 24.4 Å². The average Bonchev–Trinajstić information content (AvgIpc) is 2.75. The second-order valence-electron chi connectivity index (χ2n) is 9.71. The molecule has 4 N–H and O–H groups in total. The topological polar surface area (TPSA) is 103 Å². The number of hydrogen-bond donors (Lipinski definition) is 4. The van der Waals surface area contributed by atoms with Crippen LogP contribution in [0, 0.1) is 29.1 Å².